The van der Waals surface area contributed by atoms with Crippen LogP contribution in [0.2, 0.25) is 0 Å². The normalized spacial score (nSPS) is 18.2. The Hall–Kier alpha value is -3.33. The minimum Gasteiger partial charge on any atom is -0.205 e. The summed E-state index contributed by atoms with van der Waals surface area (Å²) in [5.74, 6) is 0. The molecule has 258 valence electrons. The van der Waals surface area contributed by atoms with Gasteiger partial charge in [-0.1, -0.05) is 75.0 Å². The van der Waals surface area contributed by atoms with Crippen LogP contribution in [-0.2, 0) is 38.9 Å². The lowest BCUT2D eigenvalue weighted by molar-refractivity contribution is -0.696. The van der Waals surface area contributed by atoms with Gasteiger partial charge in [0, 0.05) is 54.2 Å². The van der Waals surface area contributed by atoms with Gasteiger partial charge in [0.2, 0.25) is 0 Å². The Balaban J connectivity index is 1.20. The lowest BCUT2D eigenvalue weighted by Gasteiger charge is -2.02. The SMILES string of the molecule is C1=CCC[n+]2cccc(c2)CCCCCCC=CCC[n+]2cccc(c2)CCCCCCC=CCC[n+]2cccc(c2)CCCCCC1. The zero-order valence-electron chi connectivity index (χ0n) is 30.2. The molecule has 3 aromatic heterocycles. The van der Waals surface area contributed by atoms with E-state index < -0.39 is 0 Å². The van der Waals surface area contributed by atoms with Crippen molar-refractivity contribution >= 4 is 0 Å². The number of hydrogen-bond acceptors (Lipinski definition) is 0. The van der Waals surface area contributed by atoms with Crippen molar-refractivity contribution in [3.8, 4) is 0 Å². The average Bonchev–Trinajstić information content (AvgIpc) is 3.11. The van der Waals surface area contributed by atoms with Crippen molar-refractivity contribution in [3.63, 3.8) is 0 Å². The lowest BCUT2D eigenvalue weighted by Crippen LogP contribution is -2.32. The lowest BCUT2D eigenvalue weighted by atomic mass is 10.1. The fraction of sp³-hybridized carbons (Fsp3) is 0.533. The van der Waals surface area contributed by atoms with Gasteiger partial charge in [0.1, 0.15) is 0 Å². The van der Waals surface area contributed by atoms with Crippen LogP contribution in [0.15, 0.2) is 110 Å². The Labute approximate surface area is 294 Å². The van der Waals surface area contributed by atoms with Crippen LogP contribution in [0.4, 0.5) is 0 Å². The van der Waals surface area contributed by atoms with Crippen molar-refractivity contribution in [3.05, 3.63) is 127 Å². The molecule has 0 aliphatic carbocycles. The molecule has 0 amide bonds. The Morgan fingerprint density at radius 2 is 0.604 bits per heavy atom. The third-order valence-electron chi connectivity index (χ3n) is 9.68. The van der Waals surface area contributed by atoms with Gasteiger partial charge in [0.05, 0.1) is 0 Å². The quantitative estimate of drug-likeness (QED) is 0.170. The molecule has 0 atom stereocenters. The molecule has 6 bridgehead atoms. The van der Waals surface area contributed by atoms with E-state index in [9.17, 15) is 0 Å². The van der Waals surface area contributed by atoms with Crippen LogP contribution < -0.4 is 13.7 Å². The number of allylic oxidation sites excluding steroid dienone is 6. The van der Waals surface area contributed by atoms with Crippen LogP contribution in [0.25, 0.3) is 0 Å². The van der Waals surface area contributed by atoms with Crippen molar-refractivity contribution in [2.75, 3.05) is 0 Å². The molecule has 3 aromatic rings. The number of pyridine rings is 3. The number of fused-ring (bicyclic) bond motifs is 6. The summed E-state index contributed by atoms with van der Waals surface area (Å²) >= 11 is 0. The highest BCUT2D eigenvalue weighted by Crippen LogP contribution is 2.11. The molecule has 0 spiro atoms. The minimum absolute atomic E-state index is 1.08. The largest absolute Gasteiger partial charge is 0.205 e. The van der Waals surface area contributed by atoms with Gasteiger partial charge in [-0.15, -0.1) is 0 Å². The Bertz CT molecular complexity index is 1190. The predicted octanol–water partition coefficient (Wildman–Crippen LogP) is 10.3. The first-order chi connectivity index (χ1) is 23.8. The van der Waals surface area contributed by atoms with Crippen LogP contribution in [-0.4, -0.2) is 0 Å². The summed E-state index contributed by atoms with van der Waals surface area (Å²) in [7, 11) is 0. The fourth-order valence-electron chi connectivity index (χ4n) is 6.80. The van der Waals surface area contributed by atoms with Gasteiger partial charge < -0.3 is 0 Å². The average molecular weight is 649 g/mol. The van der Waals surface area contributed by atoms with Gasteiger partial charge in [-0.25, -0.2) is 13.7 Å². The molecule has 0 fully saturated rings. The first kappa shape index (κ1) is 37.5. The van der Waals surface area contributed by atoms with Gasteiger partial charge in [-0.2, -0.15) is 0 Å². The summed E-state index contributed by atoms with van der Waals surface area (Å²) in [6.45, 7) is 3.23. The van der Waals surface area contributed by atoms with E-state index in [0.29, 0.717) is 0 Å². The summed E-state index contributed by atoms with van der Waals surface area (Å²) in [6.07, 6.45) is 54.6. The van der Waals surface area contributed by atoms with Crippen molar-refractivity contribution in [2.45, 2.75) is 154 Å². The summed E-state index contributed by atoms with van der Waals surface area (Å²) < 4.78 is 7.13. The zero-order valence-corrected chi connectivity index (χ0v) is 30.2. The molecule has 0 unspecified atom stereocenters. The molecule has 0 saturated carbocycles. The van der Waals surface area contributed by atoms with E-state index >= 15 is 0 Å². The van der Waals surface area contributed by atoms with E-state index in [2.05, 4.69) is 124 Å². The van der Waals surface area contributed by atoms with Crippen molar-refractivity contribution in [2.24, 2.45) is 0 Å². The molecule has 0 aromatic carbocycles. The second kappa shape index (κ2) is 24.8. The highest BCUT2D eigenvalue weighted by Gasteiger charge is 2.05. The first-order valence-electron chi connectivity index (χ1n) is 19.7. The van der Waals surface area contributed by atoms with Gasteiger partial charge in [-0.05, 0) is 95.2 Å². The van der Waals surface area contributed by atoms with Gasteiger partial charge in [0.25, 0.3) is 0 Å². The molecule has 3 nitrogen and oxygen atoms in total. The van der Waals surface area contributed by atoms with Crippen LogP contribution in [0, 0.1) is 0 Å². The summed E-state index contributed by atoms with van der Waals surface area (Å²) in [5.41, 5.74) is 4.44. The highest BCUT2D eigenvalue weighted by atomic mass is 14.9. The van der Waals surface area contributed by atoms with E-state index in [1.165, 1.54) is 132 Å². The fourth-order valence-corrected chi connectivity index (χ4v) is 6.80. The molecule has 0 N–H and O–H groups in total. The number of rotatable bonds is 0. The monoisotopic (exact) mass is 649 g/mol. The van der Waals surface area contributed by atoms with E-state index in [4.69, 9.17) is 0 Å². The molecule has 1 aliphatic heterocycles. The first-order valence-corrected chi connectivity index (χ1v) is 19.7. The van der Waals surface area contributed by atoms with Gasteiger partial charge in [0.15, 0.2) is 56.8 Å². The summed E-state index contributed by atoms with van der Waals surface area (Å²) in [4.78, 5) is 0. The zero-order chi connectivity index (χ0) is 33.2. The molecule has 4 rings (SSSR count). The maximum atomic E-state index is 2.41. The Morgan fingerprint density at radius 1 is 0.312 bits per heavy atom. The highest BCUT2D eigenvalue weighted by molar-refractivity contribution is 5.06. The number of nitrogens with zero attached hydrogens (tertiary/aromatic N) is 3. The molecular weight excluding hydrogens is 583 g/mol. The van der Waals surface area contributed by atoms with Crippen molar-refractivity contribution < 1.29 is 13.7 Å². The molecule has 48 heavy (non-hydrogen) atoms. The third kappa shape index (κ3) is 17.2. The van der Waals surface area contributed by atoms with Gasteiger partial charge >= 0.3 is 0 Å². The topological polar surface area (TPSA) is 11.6 Å². The summed E-state index contributed by atoms with van der Waals surface area (Å²) in [6, 6.07) is 13.6. The smallest absolute Gasteiger partial charge is 0.171 e. The third-order valence-corrected chi connectivity index (χ3v) is 9.68. The van der Waals surface area contributed by atoms with Crippen LogP contribution >= 0.6 is 0 Å². The second-order valence-corrected chi connectivity index (χ2v) is 14.0. The maximum Gasteiger partial charge on any atom is 0.171 e. The molecule has 3 heteroatoms. The number of hydrogen-bond donors (Lipinski definition) is 0. The van der Waals surface area contributed by atoms with Crippen LogP contribution in [0.3, 0.4) is 0 Å². The Morgan fingerprint density at radius 3 is 0.938 bits per heavy atom. The van der Waals surface area contributed by atoms with Crippen molar-refractivity contribution in [1.29, 1.82) is 0 Å². The minimum atomic E-state index is 1.08. The van der Waals surface area contributed by atoms with E-state index in [1.54, 1.807) is 0 Å². The van der Waals surface area contributed by atoms with E-state index in [-0.39, 0.29) is 0 Å². The summed E-state index contributed by atoms with van der Waals surface area (Å²) in [5, 5.41) is 0. The Kier molecular flexibility index (Phi) is 19.3. The maximum absolute atomic E-state index is 2.41. The second-order valence-electron chi connectivity index (χ2n) is 14.0. The van der Waals surface area contributed by atoms with Crippen molar-refractivity contribution in [1.82, 2.24) is 0 Å². The molecule has 0 radical (unpaired) electrons. The van der Waals surface area contributed by atoms with Crippen LogP contribution in [0.5, 0.6) is 0 Å². The molecule has 0 saturated heterocycles. The number of aryl methyl sites for hydroxylation is 6. The van der Waals surface area contributed by atoms with Crippen LogP contribution in [0.1, 0.15) is 132 Å². The molecule has 4 heterocycles. The molecular formula is C45H66N3+3. The standard InChI is InChI=1S/C45H66N3/c1-4-10-16-22-34-46-37-26-32-44(41-46)29-20-14-8-3-6-12-18-24-36-48-39-27-33-45(42-48)30-21-15-9-2-5-11-17-23-35-47-38-25-31-43(40-47)28-19-13-7-1/h10-12,16-18,25-27,31-33,37-42H,1-9,13-15,19-24,28-30,34-36H2/q+3. The number of aromatic nitrogens is 3. The van der Waals surface area contributed by atoms with Gasteiger partial charge in [-0.3, -0.25) is 0 Å². The predicted molar refractivity (Wildman–Crippen MR) is 202 cm³/mol. The van der Waals surface area contributed by atoms with E-state index in [0.717, 1.165) is 38.9 Å². The van der Waals surface area contributed by atoms with E-state index in [1.807, 2.05) is 0 Å². The molecule has 1 aliphatic rings.